The van der Waals surface area contributed by atoms with Crippen LogP contribution in [0.2, 0.25) is 0 Å². The standard InChI is InChI=1S/C13H22N4O3/c1-5-10-9(8-17(4)16-10)7-14-12(20)15-13(2,3)6-11(18)19/h8H,5-7H2,1-4H3,(H,18,19)(H2,14,15,20). The largest absolute Gasteiger partial charge is 0.481 e. The summed E-state index contributed by atoms with van der Waals surface area (Å²) in [5, 5.41) is 18.4. The SMILES string of the molecule is CCc1nn(C)cc1CNC(=O)NC(C)(C)CC(=O)O. The number of nitrogens with zero attached hydrogens (tertiary/aromatic N) is 2. The van der Waals surface area contributed by atoms with Crippen molar-refractivity contribution >= 4 is 12.0 Å². The average Bonchev–Trinajstić information content (AvgIpc) is 2.64. The van der Waals surface area contributed by atoms with Crippen LogP contribution in [0.4, 0.5) is 4.79 Å². The number of carboxylic acids is 1. The van der Waals surface area contributed by atoms with Gasteiger partial charge in [-0.15, -0.1) is 0 Å². The Morgan fingerprint density at radius 2 is 2.10 bits per heavy atom. The fourth-order valence-electron chi connectivity index (χ4n) is 1.98. The topological polar surface area (TPSA) is 96.3 Å². The van der Waals surface area contributed by atoms with Gasteiger partial charge >= 0.3 is 12.0 Å². The molecule has 3 N–H and O–H groups in total. The summed E-state index contributed by atoms with van der Waals surface area (Å²) >= 11 is 0. The normalized spacial score (nSPS) is 11.2. The van der Waals surface area contributed by atoms with Gasteiger partial charge in [0, 0.05) is 30.9 Å². The van der Waals surface area contributed by atoms with Gasteiger partial charge in [0.15, 0.2) is 0 Å². The Bertz CT molecular complexity index is 494. The molecule has 20 heavy (non-hydrogen) atoms. The maximum Gasteiger partial charge on any atom is 0.315 e. The van der Waals surface area contributed by atoms with Crippen molar-refractivity contribution in [3.8, 4) is 0 Å². The number of nitrogens with one attached hydrogen (secondary N) is 2. The van der Waals surface area contributed by atoms with E-state index in [0.717, 1.165) is 17.7 Å². The van der Waals surface area contributed by atoms with E-state index in [2.05, 4.69) is 15.7 Å². The van der Waals surface area contributed by atoms with E-state index in [0.29, 0.717) is 6.54 Å². The molecule has 0 radical (unpaired) electrons. The van der Waals surface area contributed by atoms with E-state index < -0.39 is 11.5 Å². The van der Waals surface area contributed by atoms with Crippen LogP contribution in [0.5, 0.6) is 0 Å². The minimum atomic E-state index is -0.948. The van der Waals surface area contributed by atoms with Gasteiger partial charge in [-0.2, -0.15) is 5.10 Å². The van der Waals surface area contributed by atoms with E-state index in [-0.39, 0.29) is 12.5 Å². The zero-order chi connectivity index (χ0) is 15.3. The van der Waals surface area contributed by atoms with E-state index >= 15 is 0 Å². The maximum absolute atomic E-state index is 11.8. The van der Waals surface area contributed by atoms with Gasteiger partial charge in [0.25, 0.3) is 0 Å². The highest BCUT2D eigenvalue weighted by Gasteiger charge is 2.23. The van der Waals surface area contributed by atoms with Crippen molar-refractivity contribution in [2.24, 2.45) is 7.05 Å². The van der Waals surface area contributed by atoms with Crippen molar-refractivity contribution in [3.05, 3.63) is 17.5 Å². The summed E-state index contributed by atoms with van der Waals surface area (Å²) < 4.78 is 1.71. The molecule has 0 aromatic carbocycles. The molecule has 1 rings (SSSR count). The van der Waals surface area contributed by atoms with Crippen LogP contribution in [0.25, 0.3) is 0 Å². The first-order chi connectivity index (χ1) is 9.23. The molecular formula is C13H22N4O3. The second-order valence-electron chi connectivity index (χ2n) is 5.39. The molecule has 0 aliphatic rings. The predicted molar refractivity (Wildman–Crippen MR) is 74.3 cm³/mol. The number of hydrogen-bond acceptors (Lipinski definition) is 3. The molecule has 2 amide bonds. The smallest absolute Gasteiger partial charge is 0.315 e. The number of aryl methyl sites for hydroxylation is 2. The fraction of sp³-hybridized carbons (Fsp3) is 0.615. The molecule has 1 aromatic rings. The third-order valence-corrected chi connectivity index (χ3v) is 2.81. The van der Waals surface area contributed by atoms with E-state index in [1.165, 1.54) is 0 Å². The lowest BCUT2D eigenvalue weighted by atomic mass is 10.0. The van der Waals surface area contributed by atoms with E-state index in [1.807, 2.05) is 20.2 Å². The number of carbonyl (C=O) groups excluding carboxylic acids is 1. The molecule has 0 saturated heterocycles. The van der Waals surface area contributed by atoms with Crippen LogP contribution in [-0.4, -0.2) is 32.4 Å². The summed E-state index contributed by atoms with van der Waals surface area (Å²) in [5.41, 5.74) is 1.11. The average molecular weight is 282 g/mol. The molecule has 0 atom stereocenters. The van der Waals surface area contributed by atoms with Crippen molar-refractivity contribution in [1.29, 1.82) is 0 Å². The molecule has 0 unspecified atom stereocenters. The molecule has 0 bridgehead atoms. The van der Waals surface area contributed by atoms with Crippen LogP contribution in [0.3, 0.4) is 0 Å². The molecule has 1 heterocycles. The molecule has 0 fully saturated rings. The number of carboxylic acid groups (broad SMARTS) is 1. The predicted octanol–water partition coefficient (Wildman–Crippen LogP) is 1.03. The van der Waals surface area contributed by atoms with Crippen LogP contribution in [0, 0.1) is 0 Å². The van der Waals surface area contributed by atoms with Gasteiger partial charge in [0.2, 0.25) is 0 Å². The van der Waals surface area contributed by atoms with Crippen molar-refractivity contribution in [1.82, 2.24) is 20.4 Å². The third-order valence-electron chi connectivity index (χ3n) is 2.81. The van der Waals surface area contributed by atoms with Gasteiger partial charge in [-0.3, -0.25) is 9.48 Å². The van der Waals surface area contributed by atoms with E-state index in [9.17, 15) is 9.59 Å². The number of urea groups is 1. The minimum Gasteiger partial charge on any atom is -0.481 e. The Balaban J connectivity index is 2.53. The van der Waals surface area contributed by atoms with Gasteiger partial charge in [-0.25, -0.2) is 4.79 Å². The Morgan fingerprint density at radius 3 is 2.65 bits per heavy atom. The van der Waals surface area contributed by atoms with Gasteiger partial charge in [0.1, 0.15) is 0 Å². The lowest BCUT2D eigenvalue weighted by Gasteiger charge is -2.24. The molecule has 112 valence electrons. The van der Waals surface area contributed by atoms with E-state index in [1.54, 1.807) is 18.5 Å². The minimum absolute atomic E-state index is 0.131. The molecule has 1 aromatic heterocycles. The van der Waals surface area contributed by atoms with Crippen molar-refractivity contribution in [2.75, 3.05) is 0 Å². The molecule has 0 aliphatic carbocycles. The number of carbonyl (C=O) groups is 2. The van der Waals surface area contributed by atoms with Gasteiger partial charge in [-0.1, -0.05) is 6.92 Å². The first-order valence-electron chi connectivity index (χ1n) is 6.52. The highest BCUT2D eigenvalue weighted by molar-refractivity contribution is 5.76. The molecular weight excluding hydrogens is 260 g/mol. The van der Waals surface area contributed by atoms with Gasteiger partial charge in [-0.05, 0) is 20.3 Å². The molecule has 0 aliphatic heterocycles. The lowest BCUT2D eigenvalue weighted by Crippen LogP contribution is -2.49. The summed E-state index contributed by atoms with van der Waals surface area (Å²) in [5.74, 6) is -0.948. The zero-order valence-corrected chi connectivity index (χ0v) is 12.4. The van der Waals surface area contributed by atoms with Crippen LogP contribution in [-0.2, 0) is 24.8 Å². The second kappa shape index (κ2) is 6.40. The number of hydrogen-bond donors (Lipinski definition) is 3. The maximum atomic E-state index is 11.8. The quantitative estimate of drug-likeness (QED) is 0.726. The first-order valence-corrected chi connectivity index (χ1v) is 6.52. The van der Waals surface area contributed by atoms with Crippen LogP contribution in [0.1, 0.15) is 38.4 Å². The summed E-state index contributed by atoms with van der Waals surface area (Å²) in [6.07, 6.45) is 2.53. The lowest BCUT2D eigenvalue weighted by molar-refractivity contribution is -0.138. The highest BCUT2D eigenvalue weighted by Crippen LogP contribution is 2.09. The second-order valence-corrected chi connectivity index (χ2v) is 5.39. The van der Waals surface area contributed by atoms with E-state index in [4.69, 9.17) is 5.11 Å². The summed E-state index contributed by atoms with van der Waals surface area (Å²) in [6, 6.07) is -0.387. The Morgan fingerprint density at radius 1 is 1.45 bits per heavy atom. The molecule has 0 spiro atoms. The van der Waals surface area contributed by atoms with Crippen LogP contribution in [0.15, 0.2) is 6.20 Å². The first kappa shape index (κ1) is 16.0. The van der Waals surface area contributed by atoms with Crippen molar-refractivity contribution in [2.45, 2.75) is 45.7 Å². The molecule has 7 nitrogen and oxygen atoms in total. The third kappa shape index (κ3) is 4.91. The van der Waals surface area contributed by atoms with Crippen LogP contribution < -0.4 is 10.6 Å². The molecule has 7 heteroatoms. The Hall–Kier alpha value is -2.05. The number of aromatic nitrogens is 2. The fourth-order valence-corrected chi connectivity index (χ4v) is 1.98. The van der Waals surface area contributed by atoms with Crippen LogP contribution >= 0.6 is 0 Å². The number of aliphatic carboxylic acids is 1. The monoisotopic (exact) mass is 282 g/mol. The Kier molecular flexibility index (Phi) is 5.12. The highest BCUT2D eigenvalue weighted by atomic mass is 16.4. The van der Waals surface area contributed by atoms with Crippen molar-refractivity contribution in [3.63, 3.8) is 0 Å². The summed E-state index contributed by atoms with van der Waals surface area (Å²) in [4.78, 5) is 22.5. The number of amides is 2. The molecule has 0 saturated carbocycles. The van der Waals surface area contributed by atoms with Crippen molar-refractivity contribution < 1.29 is 14.7 Å². The van der Waals surface area contributed by atoms with Gasteiger partial charge in [0.05, 0.1) is 12.1 Å². The van der Waals surface area contributed by atoms with Gasteiger partial charge < -0.3 is 15.7 Å². The summed E-state index contributed by atoms with van der Waals surface area (Å²) in [7, 11) is 1.83. The summed E-state index contributed by atoms with van der Waals surface area (Å²) in [6.45, 7) is 5.71. The Labute approximate surface area is 118 Å². The zero-order valence-electron chi connectivity index (χ0n) is 12.4. The number of rotatable bonds is 6.